The van der Waals surface area contributed by atoms with E-state index in [4.69, 9.17) is 0 Å². The van der Waals surface area contributed by atoms with Gasteiger partial charge in [0.2, 0.25) is 5.69 Å². The van der Waals surface area contributed by atoms with Gasteiger partial charge < -0.3 is 0 Å². The zero-order valence-electron chi connectivity index (χ0n) is 15.3. The molecule has 11 heteroatoms. The lowest BCUT2D eigenvalue weighted by molar-refractivity contribution is -0.385. The molecule has 3 aromatic rings. The molecule has 0 saturated carbocycles. The summed E-state index contributed by atoms with van der Waals surface area (Å²) in [6.45, 7) is 5.12. The Morgan fingerprint density at radius 3 is 2.74 bits per heavy atom. The van der Waals surface area contributed by atoms with Crippen molar-refractivity contribution >= 4 is 33.1 Å². The average molecular weight is 390 g/mol. The number of hydrogen-bond acceptors (Lipinski definition) is 7. The third-order valence-electron chi connectivity index (χ3n) is 4.19. The highest BCUT2D eigenvalue weighted by Crippen LogP contribution is 2.24. The quantitative estimate of drug-likeness (QED) is 0.525. The molecule has 0 aliphatic heterocycles. The number of nitro groups is 1. The van der Waals surface area contributed by atoms with Gasteiger partial charge in [0.05, 0.1) is 10.3 Å². The van der Waals surface area contributed by atoms with E-state index in [1.165, 1.54) is 30.0 Å². The number of carbonyl (C=O) groups is 1. The normalized spacial score (nSPS) is 11.1. The SMILES string of the molecule is CCCc1cc2c(=O)n(NC(=O)c3nn(C)c(C)c3[N+](=O)[O-])c(C)nc2s1. The van der Waals surface area contributed by atoms with Crippen LogP contribution >= 0.6 is 11.3 Å². The van der Waals surface area contributed by atoms with Crippen LogP contribution in [0.3, 0.4) is 0 Å². The lowest BCUT2D eigenvalue weighted by Crippen LogP contribution is -2.35. The average Bonchev–Trinajstić information content (AvgIpc) is 3.13. The topological polar surface area (TPSA) is 125 Å². The zero-order chi connectivity index (χ0) is 19.9. The van der Waals surface area contributed by atoms with Crippen LogP contribution in [-0.2, 0) is 13.5 Å². The van der Waals surface area contributed by atoms with Gasteiger partial charge in [0.1, 0.15) is 16.3 Å². The van der Waals surface area contributed by atoms with E-state index >= 15 is 0 Å². The minimum atomic E-state index is -0.847. The second-order valence-electron chi connectivity index (χ2n) is 6.09. The highest BCUT2D eigenvalue weighted by molar-refractivity contribution is 7.18. The molecular weight excluding hydrogens is 372 g/mol. The number of carbonyl (C=O) groups excluding carboxylic acids is 1. The molecule has 3 heterocycles. The number of aromatic nitrogens is 4. The lowest BCUT2D eigenvalue weighted by atomic mass is 10.2. The molecule has 0 aliphatic carbocycles. The minimum Gasteiger partial charge on any atom is -0.267 e. The largest absolute Gasteiger partial charge is 0.322 e. The Bertz CT molecular complexity index is 1130. The van der Waals surface area contributed by atoms with Gasteiger partial charge in [-0.05, 0) is 26.3 Å². The highest BCUT2D eigenvalue weighted by atomic mass is 32.1. The Labute approximate surface area is 157 Å². The molecule has 27 heavy (non-hydrogen) atoms. The molecule has 0 radical (unpaired) electrons. The molecule has 0 atom stereocenters. The van der Waals surface area contributed by atoms with Crippen molar-refractivity contribution in [3.63, 3.8) is 0 Å². The van der Waals surface area contributed by atoms with Crippen LogP contribution in [-0.4, -0.2) is 30.3 Å². The van der Waals surface area contributed by atoms with Crippen LogP contribution in [0.1, 0.15) is 40.2 Å². The van der Waals surface area contributed by atoms with E-state index in [0.29, 0.717) is 10.2 Å². The first kappa shape index (κ1) is 18.7. The maximum Gasteiger partial charge on any atom is 0.322 e. The number of hydrogen-bond donors (Lipinski definition) is 1. The molecular formula is C16H18N6O4S. The van der Waals surface area contributed by atoms with E-state index in [0.717, 1.165) is 22.4 Å². The lowest BCUT2D eigenvalue weighted by Gasteiger charge is -2.09. The number of nitrogens with zero attached hydrogens (tertiary/aromatic N) is 5. The summed E-state index contributed by atoms with van der Waals surface area (Å²) in [5.41, 5.74) is 1.45. The third kappa shape index (κ3) is 3.21. The number of fused-ring (bicyclic) bond motifs is 1. The van der Waals surface area contributed by atoms with Gasteiger partial charge in [-0.25, -0.2) is 9.66 Å². The fourth-order valence-electron chi connectivity index (χ4n) is 2.76. The van der Waals surface area contributed by atoms with Crippen LogP contribution in [0.5, 0.6) is 0 Å². The van der Waals surface area contributed by atoms with Crippen LogP contribution in [0.4, 0.5) is 5.69 Å². The number of thiophene rings is 1. The number of amides is 1. The fraction of sp³-hybridized carbons (Fsp3) is 0.375. The second-order valence-corrected chi connectivity index (χ2v) is 7.20. The van der Waals surface area contributed by atoms with Crippen LogP contribution in [0.15, 0.2) is 10.9 Å². The Balaban J connectivity index is 2.04. The molecule has 0 fully saturated rings. The Hall–Kier alpha value is -3.08. The maximum atomic E-state index is 12.8. The van der Waals surface area contributed by atoms with Gasteiger partial charge in [0.15, 0.2) is 0 Å². The smallest absolute Gasteiger partial charge is 0.267 e. The maximum absolute atomic E-state index is 12.8. The Kier molecular flexibility index (Phi) is 4.79. The van der Waals surface area contributed by atoms with E-state index in [1.54, 1.807) is 13.0 Å². The van der Waals surface area contributed by atoms with Gasteiger partial charge >= 0.3 is 5.69 Å². The first-order chi connectivity index (χ1) is 12.7. The molecule has 0 unspecified atom stereocenters. The number of aryl methyl sites for hydroxylation is 3. The van der Waals surface area contributed by atoms with E-state index in [1.807, 2.05) is 6.92 Å². The minimum absolute atomic E-state index is 0.241. The van der Waals surface area contributed by atoms with E-state index < -0.39 is 22.1 Å². The van der Waals surface area contributed by atoms with Crippen LogP contribution < -0.4 is 11.0 Å². The summed E-state index contributed by atoms with van der Waals surface area (Å²) in [5, 5.41) is 15.6. The first-order valence-electron chi connectivity index (χ1n) is 8.26. The summed E-state index contributed by atoms with van der Waals surface area (Å²) in [7, 11) is 1.50. The van der Waals surface area contributed by atoms with Crippen molar-refractivity contribution in [2.24, 2.45) is 7.05 Å². The summed E-state index contributed by atoms with van der Waals surface area (Å²) in [6.07, 6.45) is 1.78. The third-order valence-corrected chi connectivity index (χ3v) is 5.28. The molecule has 10 nitrogen and oxygen atoms in total. The molecule has 142 valence electrons. The van der Waals surface area contributed by atoms with Crippen LogP contribution in [0.25, 0.3) is 10.2 Å². The molecule has 1 amide bonds. The second kappa shape index (κ2) is 6.91. The van der Waals surface area contributed by atoms with Gasteiger partial charge in [-0.2, -0.15) is 5.10 Å². The molecule has 3 aromatic heterocycles. The van der Waals surface area contributed by atoms with Gasteiger partial charge in [0, 0.05) is 11.9 Å². The standard InChI is InChI=1S/C16H18N6O4S/c1-5-6-10-7-11-15(27-10)17-9(3)21(16(11)24)19-14(23)12-13(22(25)26)8(2)20(4)18-12/h7H,5-6H2,1-4H3,(H,19,23). The first-order valence-corrected chi connectivity index (χ1v) is 9.07. The monoisotopic (exact) mass is 390 g/mol. The Morgan fingerprint density at radius 2 is 2.11 bits per heavy atom. The van der Waals surface area contributed by atoms with Gasteiger partial charge in [-0.1, -0.05) is 13.3 Å². The molecule has 0 bridgehead atoms. The van der Waals surface area contributed by atoms with Crippen molar-refractivity contribution in [1.29, 1.82) is 0 Å². The molecule has 0 saturated heterocycles. The molecule has 3 rings (SSSR count). The van der Waals surface area contributed by atoms with E-state index in [9.17, 15) is 19.7 Å². The fourth-order valence-corrected chi connectivity index (χ4v) is 3.92. The van der Waals surface area contributed by atoms with Crippen molar-refractivity contribution in [3.05, 3.63) is 48.6 Å². The summed E-state index contributed by atoms with van der Waals surface area (Å²) in [4.78, 5) is 42.0. The van der Waals surface area contributed by atoms with Crippen molar-refractivity contribution in [2.75, 3.05) is 5.43 Å². The molecule has 0 aliphatic rings. The van der Waals surface area contributed by atoms with Gasteiger partial charge in [-0.3, -0.25) is 29.8 Å². The summed E-state index contributed by atoms with van der Waals surface area (Å²) < 4.78 is 2.25. The highest BCUT2D eigenvalue weighted by Gasteiger charge is 2.29. The van der Waals surface area contributed by atoms with E-state index in [2.05, 4.69) is 15.5 Å². The summed E-state index contributed by atoms with van der Waals surface area (Å²) in [5.74, 6) is -0.568. The van der Waals surface area contributed by atoms with Crippen molar-refractivity contribution in [3.8, 4) is 0 Å². The summed E-state index contributed by atoms with van der Waals surface area (Å²) >= 11 is 1.44. The van der Waals surface area contributed by atoms with E-state index in [-0.39, 0.29) is 17.2 Å². The predicted molar refractivity (Wildman–Crippen MR) is 101 cm³/mol. The molecule has 0 aromatic carbocycles. The summed E-state index contributed by atoms with van der Waals surface area (Å²) in [6, 6.07) is 1.77. The number of nitrogens with one attached hydrogen (secondary N) is 1. The van der Waals surface area contributed by atoms with Crippen molar-refractivity contribution in [2.45, 2.75) is 33.6 Å². The predicted octanol–water partition coefficient (Wildman–Crippen LogP) is 2.05. The van der Waals surface area contributed by atoms with Crippen LogP contribution in [0.2, 0.25) is 0 Å². The zero-order valence-corrected chi connectivity index (χ0v) is 16.1. The van der Waals surface area contributed by atoms with Gasteiger partial charge in [0.25, 0.3) is 11.5 Å². The van der Waals surface area contributed by atoms with Crippen molar-refractivity contribution in [1.82, 2.24) is 19.4 Å². The Morgan fingerprint density at radius 1 is 1.41 bits per heavy atom. The van der Waals surface area contributed by atoms with Gasteiger partial charge in [-0.15, -0.1) is 11.3 Å². The molecule has 1 N–H and O–H groups in total. The van der Waals surface area contributed by atoms with Crippen LogP contribution in [0, 0.1) is 24.0 Å². The molecule has 0 spiro atoms. The number of rotatable bonds is 5. The van der Waals surface area contributed by atoms with Crippen molar-refractivity contribution < 1.29 is 9.72 Å².